The second kappa shape index (κ2) is 5.32. The van der Waals surface area contributed by atoms with E-state index in [9.17, 15) is 9.59 Å². The third-order valence-corrected chi connectivity index (χ3v) is 5.31. The molecule has 20 heavy (non-hydrogen) atoms. The molecule has 4 nitrogen and oxygen atoms in total. The van der Waals surface area contributed by atoms with Gasteiger partial charge in [-0.25, -0.2) is 0 Å². The van der Waals surface area contributed by atoms with Crippen LogP contribution >= 0.6 is 0 Å². The summed E-state index contributed by atoms with van der Waals surface area (Å²) >= 11 is 0. The minimum atomic E-state index is -0.0362. The molecule has 0 aromatic heterocycles. The van der Waals surface area contributed by atoms with Crippen LogP contribution in [0.25, 0.3) is 0 Å². The van der Waals surface area contributed by atoms with Crippen molar-refractivity contribution in [2.45, 2.75) is 26.7 Å². The van der Waals surface area contributed by atoms with Gasteiger partial charge in [-0.05, 0) is 44.3 Å². The molecule has 1 heterocycles. The number of hydrogen-bond donors (Lipinski definition) is 0. The summed E-state index contributed by atoms with van der Waals surface area (Å²) in [6.07, 6.45) is 6.20. The Labute approximate surface area is 120 Å². The zero-order chi connectivity index (χ0) is 14.3. The van der Waals surface area contributed by atoms with Crippen molar-refractivity contribution in [1.29, 1.82) is 0 Å². The lowest BCUT2D eigenvalue weighted by Gasteiger charge is -2.21. The summed E-state index contributed by atoms with van der Waals surface area (Å²) in [6, 6.07) is 0. The summed E-state index contributed by atoms with van der Waals surface area (Å²) in [5.74, 6) is 0.771. The van der Waals surface area contributed by atoms with Crippen molar-refractivity contribution in [1.82, 2.24) is 9.80 Å². The Morgan fingerprint density at radius 1 is 1.10 bits per heavy atom. The van der Waals surface area contributed by atoms with Crippen molar-refractivity contribution in [3.63, 3.8) is 0 Å². The molecule has 1 aliphatic heterocycles. The summed E-state index contributed by atoms with van der Waals surface area (Å²) in [5, 5.41) is 0. The number of rotatable bonds is 6. The molecule has 3 aliphatic rings. The molecule has 2 fully saturated rings. The summed E-state index contributed by atoms with van der Waals surface area (Å²) in [6.45, 7) is 7.90. The summed E-state index contributed by atoms with van der Waals surface area (Å²) < 4.78 is 0. The fraction of sp³-hybridized carbons (Fsp3) is 0.750. The monoisotopic (exact) mass is 276 g/mol. The largest absolute Gasteiger partial charge is 0.304 e. The van der Waals surface area contributed by atoms with E-state index < -0.39 is 0 Å². The van der Waals surface area contributed by atoms with Crippen molar-refractivity contribution in [3.8, 4) is 0 Å². The van der Waals surface area contributed by atoms with E-state index in [0.29, 0.717) is 18.4 Å². The average molecular weight is 276 g/mol. The fourth-order valence-corrected chi connectivity index (χ4v) is 4.18. The number of amides is 2. The molecule has 4 unspecified atom stereocenters. The SMILES string of the molecule is CCN(CC)CCCN1C(=O)C2C3C=CC(C3)C2C1=O. The van der Waals surface area contributed by atoms with Crippen molar-refractivity contribution in [3.05, 3.63) is 12.2 Å². The second-order valence-corrected chi connectivity index (χ2v) is 6.21. The Morgan fingerprint density at radius 2 is 1.65 bits per heavy atom. The molecule has 2 aliphatic carbocycles. The van der Waals surface area contributed by atoms with Gasteiger partial charge in [0.15, 0.2) is 0 Å². The zero-order valence-corrected chi connectivity index (χ0v) is 12.4. The molecule has 1 saturated heterocycles. The first-order valence-electron chi connectivity index (χ1n) is 7.93. The third-order valence-electron chi connectivity index (χ3n) is 5.31. The number of allylic oxidation sites excluding steroid dienone is 2. The van der Waals surface area contributed by atoms with Crippen LogP contribution in [0.15, 0.2) is 12.2 Å². The number of likely N-dealkylation sites (tertiary alicyclic amines) is 1. The Morgan fingerprint density at radius 3 is 2.15 bits per heavy atom. The van der Waals surface area contributed by atoms with Crippen LogP contribution < -0.4 is 0 Å². The van der Waals surface area contributed by atoms with Crippen LogP contribution in [0.2, 0.25) is 0 Å². The number of fused-ring (bicyclic) bond motifs is 5. The molecule has 0 aromatic rings. The van der Waals surface area contributed by atoms with E-state index in [0.717, 1.165) is 32.5 Å². The van der Waals surface area contributed by atoms with E-state index in [1.807, 2.05) is 0 Å². The first kappa shape index (κ1) is 13.8. The van der Waals surface area contributed by atoms with Gasteiger partial charge in [0, 0.05) is 6.54 Å². The van der Waals surface area contributed by atoms with E-state index in [-0.39, 0.29) is 23.7 Å². The molecule has 1 saturated carbocycles. The van der Waals surface area contributed by atoms with Gasteiger partial charge in [0.25, 0.3) is 0 Å². The number of carbonyl (C=O) groups excluding carboxylic acids is 2. The molecule has 110 valence electrons. The van der Waals surface area contributed by atoms with Gasteiger partial charge in [-0.2, -0.15) is 0 Å². The van der Waals surface area contributed by atoms with Crippen LogP contribution in [-0.4, -0.2) is 47.8 Å². The van der Waals surface area contributed by atoms with Crippen LogP contribution in [0, 0.1) is 23.7 Å². The van der Waals surface area contributed by atoms with Gasteiger partial charge in [0.05, 0.1) is 11.8 Å². The first-order valence-corrected chi connectivity index (χ1v) is 7.93. The number of nitrogens with zero attached hydrogens (tertiary/aromatic N) is 2. The lowest BCUT2D eigenvalue weighted by atomic mass is 9.85. The van der Waals surface area contributed by atoms with Gasteiger partial charge in [-0.15, -0.1) is 0 Å². The van der Waals surface area contributed by atoms with Gasteiger partial charge in [0.1, 0.15) is 0 Å². The van der Waals surface area contributed by atoms with Gasteiger partial charge in [-0.3, -0.25) is 14.5 Å². The van der Waals surface area contributed by atoms with Crippen molar-refractivity contribution in [2.24, 2.45) is 23.7 Å². The Kier molecular flexibility index (Phi) is 3.67. The molecule has 4 heteroatoms. The number of hydrogen-bond acceptors (Lipinski definition) is 3. The van der Waals surface area contributed by atoms with Crippen LogP contribution in [-0.2, 0) is 9.59 Å². The quantitative estimate of drug-likeness (QED) is 0.545. The van der Waals surface area contributed by atoms with E-state index in [1.165, 1.54) is 0 Å². The summed E-state index contributed by atoms with van der Waals surface area (Å²) in [7, 11) is 0. The van der Waals surface area contributed by atoms with E-state index in [2.05, 4.69) is 30.9 Å². The molecular weight excluding hydrogens is 252 g/mol. The highest BCUT2D eigenvalue weighted by Gasteiger charge is 2.58. The Balaban J connectivity index is 1.59. The molecule has 0 radical (unpaired) electrons. The number of carbonyl (C=O) groups is 2. The molecule has 2 amide bonds. The summed E-state index contributed by atoms with van der Waals surface area (Å²) in [4.78, 5) is 28.8. The molecule has 0 N–H and O–H groups in total. The second-order valence-electron chi connectivity index (χ2n) is 6.21. The highest BCUT2D eigenvalue weighted by Crippen LogP contribution is 2.52. The molecule has 0 aromatic carbocycles. The van der Waals surface area contributed by atoms with Crippen LogP contribution in [0.4, 0.5) is 0 Å². The minimum Gasteiger partial charge on any atom is -0.304 e. The summed E-state index contributed by atoms with van der Waals surface area (Å²) in [5.41, 5.74) is 0. The Hall–Kier alpha value is -1.16. The lowest BCUT2D eigenvalue weighted by Crippen LogP contribution is -2.35. The molecule has 4 atom stereocenters. The maximum atomic E-state index is 12.5. The topological polar surface area (TPSA) is 40.6 Å². The van der Waals surface area contributed by atoms with Crippen molar-refractivity contribution in [2.75, 3.05) is 26.2 Å². The standard InChI is InChI=1S/C16H24N2O2/c1-3-17(4-2)8-5-9-18-15(19)13-11-6-7-12(10-11)14(13)16(18)20/h6-7,11-14H,3-5,8-10H2,1-2H3. The average Bonchev–Trinajstić information content (AvgIpc) is 3.12. The maximum absolute atomic E-state index is 12.5. The van der Waals surface area contributed by atoms with E-state index in [1.54, 1.807) is 4.90 Å². The van der Waals surface area contributed by atoms with Crippen LogP contribution in [0.3, 0.4) is 0 Å². The molecule has 0 spiro atoms. The minimum absolute atomic E-state index is 0.0362. The van der Waals surface area contributed by atoms with Gasteiger partial charge in [0.2, 0.25) is 11.8 Å². The smallest absolute Gasteiger partial charge is 0.233 e. The van der Waals surface area contributed by atoms with E-state index in [4.69, 9.17) is 0 Å². The van der Waals surface area contributed by atoms with Crippen LogP contribution in [0.1, 0.15) is 26.7 Å². The highest BCUT2D eigenvalue weighted by atomic mass is 16.2. The first-order chi connectivity index (χ1) is 9.67. The maximum Gasteiger partial charge on any atom is 0.233 e. The number of imide groups is 1. The van der Waals surface area contributed by atoms with Crippen molar-refractivity contribution >= 4 is 11.8 Å². The highest BCUT2D eigenvalue weighted by molar-refractivity contribution is 6.06. The normalized spacial score (nSPS) is 34.6. The predicted molar refractivity (Wildman–Crippen MR) is 76.8 cm³/mol. The molecule has 3 rings (SSSR count). The molecular formula is C16H24N2O2. The third kappa shape index (κ3) is 2.01. The van der Waals surface area contributed by atoms with E-state index >= 15 is 0 Å². The van der Waals surface area contributed by atoms with Crippen LogP contribution in [0.5, 0.6) is 0 Å². The Bertz CT molecular complexity index is 412. The van der Waals surface area contributed by atoms with Gasteiger partial charge >= 0.3 is 0 Å². The zero-order valence-electron chi connectivity index (χ0n) is 12.4. The fourth-order valence-electron chi connectivity index (χ4n) is 4.18. The van der Waals surface area contributed by atoms with Gasteiger partial charge < -0.3 is 4.90 Å². The van der Waals surface area contributed by atoms with Crippen molar-refractivity contribution < 1.29 is 9.59 Å². The van der Waals surface area contributed by atoms with Gasteiger partial charge in [-0.1, -0.05) is 26.0 Å². The molecule has 2 bridgehead atoms. The lowest BCUT2D eigenvalue weighted by molar-refractivity contribution is -0.140. The predicted octanol–water partition coefficient (Wildman–Crippen LogP) is 1.53.